The molecule has 0 unspecified atom stereocenters. The normalized spacial score (nSPS) is 13.9. The van der Waals surface area contributed by atoms with Crippen LogP contribution in [0.25, 0.3) is 5.69 Å². The van der Waals surface area contributed by atoms with Crippen LogP contribution in [0, 0.1) is 13.8 Å². The van der Waals surface area contributed by atoms with Gasteiger partial charge in [0.15, 0.2) is 0 Å². The maximum absolute atomic E-state index is 12.6. The Morgan fingerprint density at radius 3 is 2.65 bits per heavy atom. The molecule has 0 amide bonds. The van der Waals surface area contributed by atoms with Crippen molar-refractivity contribution >= 4 is 10.8 Å². The molecule has 0 aliphatic heterocycles. The number of rotatable bonds is 5. The second-order valence-electron chi connectivity index (χ2n) is 5.39. The maximum Gasteiger partial charge on any atom is 0.138 e. The summed E-state index contributed by atoms with van der Waals surface area (Å²) in [5.41, 5.74) is 3.33. The van der Waals surface area contributed by atoms with E-state index in [9.17, 15) is 4.21 Å². The summed E-state index contributed by atoms with van der Waals surface area (Å²) in [6, 6.07) is 9.72. The smallest absolute Gasteiger partial charge is 0.138 e. The number of hydrogen-bond donors (Lipinski definition) is 0. The molecular weight excluding hydrogens is 312 g/mol. The van der Waals surface area contributed by atoms with Gasteiger partial charge in [0.2, 0.25) is 0 Å². The minimum atomic E-state index is -1.12. The second-order valence-corrected chi connectivity index (χ2v) is 7.15. The molecule has 0 aliphatic carbocycles. The average Bonchev–Trinajstić information content (AvgIpc) is 3.17. The molecular formula is C16H18N4O2S. The Bertz CT molecular complexity index is 806. The molecule has 2 atom stereocenters. The Labute approximate surface area is 137 Å². The zero-order valence-electron chi connectivity index (χ0n) is 13.3. The van der Waals surface area contributed by atoms with E-state index >= 15 is 0 Å². The third-order valence-electron chi connectivity index (χ3n) is 3.81. The van der Waals surface area contributed by atoms with Gasteiger partial charge in [-0.05, 0) is 32.9 Å². The van der Waals surface area contributed by atoms with Crippen LogP contribution in [0.1, 0.15) is 34.9 Å². The van der Waals surface area contributed by atoms with Gasteiger partial charge in [-0.1, -0.05) is 28.6 Å². The fourth-order valence-corrected chi connectivity index (χ4v) is 3.60. The molecule has 0 bridgehead atoms. The molecule has 0 fully saturated rings. The molecule has 0 radical (unpaired) electrons. The largest absolute Gasteiger partial charge is 0.361 e. The van der Waals surface area contributed by atoms with Crippen LogP contribution < -0.4 is 0 Å². The lowest BCUT2D eigenvalue weighted by molar-refractivity contribution is 0.392. The van der Waals surface area contributed by atoms with Crippen molar-refractivity contribution in [3.05, 3.63) is 59.2 Å². The van der Waals surface area contributed by atoms with Gasteiger partial charge in [-0.15, -0.1) is 5.10 Å². The van der Waals surface area contributed by atoms with Crippen molar-refractivity contribution in [1.82, 2.24) is 20.2 Å². The van der Waals surface area contributed by atoms with Crippen molar-refractivity contribution in [2.24, 2.45) is 0 Å². The fourth-order valence-electron chi connectivity index (χ4n) is 2.28. The van der Waals surface area contributed by atoms with Gasteiger partial charge in [0.05, 0.1) is 34.3 Å². The highest BCUT2D eigenvalue weighted by molar-refractivity contribution is 7.84. The predicted molar refractivity (Wildman–Crippen MR) is 87.6 cm³/mol. The second kappa shape index (κ2) is 6.45. The molecule has 6 nitrogen and oxygen atoms in total. The monoisotopic (exact) mass is 330 g/mol. The Balaban J connectivity index is 1.77. The van der Waals surface area contributed by atoms with Crippen molar-refractivity contribution in [2.45, 2.75) is 31.8 Å². The summed E-state index contributed by atoms with van der Waals surface area (Å²) in [6.07, 6.45) is 1.82. The van der Waals surface area contributed by atoms with Crippen molar-refractivity contribution in [3.63, 3.8) is 0 Å². The lowest BCUT2D eigenvalue weighted by Gasteiger charge is -2.08. The van der Waals surface area contributed by atoms with Crippen molar-refractivity contribution in [1.29, 1.82) is 0 Å². The van der Waals surface area contributed by atoms with Gasteiger partial charge >= 0.3 is 0 Å². The first-order chi connectivity index (χ1) is 11.1. The summed E-state index contributed by atoms with van der Waals surface area (Å²) in [7, 11) is -1.12. The van der Waals surface area contributed by atoms with Crippen LogP contribution >= 0.6 is 0 Å². The molecule has 0 N–H and O–H groups in total. The van der Waals surface area contributed by atoms with Gasteiger partial charge in [0, 0.05) is 16.4 Å². The highest BCUT2D eigenvalue weighted by Crippen LogP contribution is 2.23. The minimum absolute atomic E-state index is 0.221. The molecule has 0 saturated heterocycles. The first-order valence-electron chi connectivity index (χ1n) is 7.33. The van der Waals surface area contributed by atoms with Crippen LogP contribution in [0.4, 0.5) is 0 Å². The van der Waals surface area contributed by atoms with Crippen LogP contribution in [-0.4, -0.2) is 24.4 Å². The van der Waals surface area contributed by atoms with E-state index in [1.165, 1.54) is 0 Å². The molecule has 2 heterocycles. The lowest BCUT2D eigenvalue weighted by atomic mass is 10.2. The summed E-state index contributed by atoms with van der Waals surface area (Å²) in [6.45, 7) is 5.59. The third kappa shape index (κ3) is 3.24. The summed E-state index contributed by atoms with van der Waals surface area (Å²) in [4.78, 5) is 0. The van der Waals surface area contributed by atoms with Crippen LogP contribution in [0.5, 0.6) is 0 Å². The molecule has 3 rings (SSSR count). The van der Waals surface area contributed by atoms with Gasteiger partial charge in [-0.2, -0.15) is 0 Å². The Kier molecular flexibility index (Phi) is 4.38. The lowest BCUT2D eigenvalue weighted by Crippen LogP contribution is -2.07. The molecule has 3 aromatic rings. The van der Waals surface area contributed by atoms with Gasteiger partial charge in [-0.25, -0.2) is 4.68 Å². The van der Waals surface area contributed by atoms with E-state index in [1.807, 2.05) is 57.3 Å². The van der Waals surface area contributed by atoms with E-state index in [4.69, 9.17) is 4.52 Å². The van der Waals surface area contributed by atoms with Crippen LogP contribution in [0.2, 0.25) is 0 Å². The van der Waals surface area contributed by atoms with Crippen LogP contribution in [-0.2, 0) is 16.6 Å². The van der Waals surface area contributed by atoms with E-state index in [2.05, 4.69) is 15.5 Å². The number of nitrogens with zero attached hydrogens (tertiary/aromatic N) is 4. The summed E-state index contributed by atoms with van der Waals surface area (Å²) < 4.78 is 19.4. The van der Waals surface area contributed by atoms with E-state index in [-0.39, 0.29) is 5.25 Å². The van der Waals surface area contributed by atoms with E-state index in [1.54, 1.807) is 4.68 Å². The highest BCUT2D eigenvalue weighted by atomic mass is 32.2. The molecule has 0 saturated carbocycles. The van der Waals surface area contributed by atoms with Crippen molar-refractivity contribution in [3.8, 4) is 5.69 Å². The predicted octanol–water partition coefficient (Wildman–Crippen LogP) is 2.88. The van der Waals surface area contributed by atoms with Crippen LogP contribution in [0.15, 0.2) is 41.1 Å². The Morgan fingerprint density at radius 1 is 1.26 bits per heavy atom. The highest BCUT2D eigenvalue weighted by Gasteiger charge is 2.21. The van der Waals surface area contributed by atoms with Gasteiger partial charge in [0.25, 0.3) is 0 Å². The maximum atomic E-state index is 12.6. The summed E-state index contributed by atoms with van der Waals surface area (Å²) >= 11 is 0. The Morgan fingerprint density at radius 2 is 2.00 bits per heavy atom. The quantitative estimate of drug-likeness (QED) is 0.719. The zero-order valence-corrected chi connectivity index (χ0v) is 14.1. The molecule has 7 heteroatoms. The summed E-state index contributed by atoms with van der Waals surface area (Å²) in [5, 5.41) is 12.0. The first-order valence-corrected chi connectivity index (χ1v) is 8.71. The first kappa shape index (κ1) is 15.6. The molecule has 23 heavy (non-hydrogen) atoms. The molecule has 0 aliphatic rings. The fraction of sp³-hybridized carbons (Fsp3) is 0.312. The standard InChI is InChI=1S/C16H18N4O2S/c1-11-15(12(2)22-18-11)10-23(21)13(3)16-9-20(19-17-16)14-7-5-4-6-8-14/h4-9,13H,10H2,1-3H3/t13-,23+/m0/s1. The van der Waals surface area contributed by atoms with E-state index in [0.29, 0.717) is 11.4 Å². The van der Waals surface area contributed by atoms with Gasteiger partial charge < -0.3 is 4.52 Å². The zero-order chi connectivity index (χ0) is 16.4. The molecule has 120 valence electrons. The SMILES string of the molecule is Cc1noc(C)c1C[S@@](=O)[C@@H](C)c1cn(-c2ccccc2)nn1. The number of para-hydroxylation sites is 1. The average molecular weight is 330 g/mol. The van der Waals surface area contributed by atoms with Crippen LogP contribution in [0.3, 0.4) is 0 Å². The van der Waals surface area contributed by atoms with Gasteiger partial charge in [-0.3, -0.25) is 4.21 Å². The molecule has 1 aromatic carbocycles. The van der Waals surface area contributed by atoms with Crippen molar-refractivity contribution in [2.75, 3.05) is 0 Å². The minimum Gasteiger partial charge on any atom is -0.361 e. The third-order valence-corrected chi connectivity index (χ3v) is 5.41. The molecule has 2 aromatic heterocycles. The van der Waals surface area contributed by atoms with E-state index in [0.717, 1.165) is 22.7 Å². The summed E-state index contributed by atoms with van der Waals surface area (Å²) in [5.74, 6) is 1.12. The Hall–Kier alpha value is -2.28. The number of aromatic nitrogens is 4. The van der Waals surface area contributed by atoms with Gasteiger partial charge in [0.1, 0.15) is 5.76 Å². The number of aryl methyl sites for hydroxylation is 2. The van der Waals surface area contributed by atoms with E-state index < -0.39 is 10.8 Å². The topological polar surface area (TPSA) is 73.8 Å². The number of hydrogen-bond acceptors (Lipinski definition) is 5. The molecule has 0 spiro atoms. The van der Waals surface area contributed by atoms with Crippen molar-refractivity contribution < 1.29 is 8.73 Å². The number of benzene rings is 1.